The number of nitrogens with one attached hydrogen (secondary N) is 3. The van der Waals surface area contributed by atoms with Crippen molar-refractivity contribution in [1.29, 1.82) is 0 Å². The lowest BCUT2D eigenvalue weighted by molar-refractivity contribution is -0.146. The fraction of sp³-hybridized carbons (Fsp3) is 0.214. The Balaban J connectivity index is 1.35. The van der Waals surface area contributed by atoms with Gasteiger partial charge in [-0.2, -0.15) is 4.98 Å². The molecule has 0 radical (unpaired) electrons. The zero-order valence-corrected chi connectivity index (χ0v) is 23.2. The molecule has 0 saturated carbocycles. The third-order valence-electron chi connectivity index (χ3n) is 5.47. The first-order valence-electron chi connectivity index (χ1n) is 12.3. The van der Waals surface area contributed by atoms with Crippen LogP contribution in [0, 0.1) is 5.41 Å². The second kappa shape index (κ2) is 12.4. The number of aromatic nitrogens is 3. The van der Waals surface area contributed by atoms with Crippen molar-refractivity contribution in [3.05, 3.63) is 66.7 Å². The van der Waals surface area contributed by atoms with Crippen molar-refractivity contribution in [2.75, 3.05) is 22.0 Å². The van der Waals surface area contributed by atoms with E-state index in [2.05, 4.69) is 30.5 Å². The third-order valence-corrected chi connectivity index (χ3v) is 6.31. The molecule has 0 atom stereocenters. The predicted octanol–water partition coefficient (Wildman–Crippen LogP) is 5.40. The highest BCUT2D eigenvalue weighted by Gasteiger charge is 2.29. The molecule has 3 N–H and O–H groups in total. The summed E-state index contributed by atoms with van der Waals surface area (Å²) in [5, 5.41) is 9.55. The van der Waals surface area contributed by atoms with E-state index in [0.29, 0.717) is 23.0 Å². The number of carbonyl (C=O) groups is 3. The molecule has 2 heterocycles. The summed E-state index contributed by atoms with van der Waals surface area (Å²) in [6.45, 7) is 6.14. The van der Waals surface area contributed by atoms with E-state index in [9.17, 15) is 14.4 Å². The van der Waals surface area contributed by atoms with Crippen molar-refractivity contribution in [3.63, 3.8) is 0 Å². The first kappa shape index (κ1) is 28.3. The van der Waals surface area contributed by atoms with Gasteiger partial charge in [0, 0.05) is 35.7 Å². The van der Waals surface area contributed by atoms with Crippen LogP contribution in [0.4, 0.5) is 17.2 Å². The number of amides is 2. The van der Waals surface area contributed by atoms with Crippen LogP contribution < -0.4 is 15.4 Å². The van der Waals surface area contributed by atoms with Gasteiger partial charge in [-0.1, -0.05) is 17.3 Å². The molecule has 12 heteroatoms. The fourth-order valence-electron chi connectivity index (χ4n) is 3.35. The number of carbonyl (C=O) groups excluding carboxylic acids is 3. The van der Waals surface area contributed by atoms with Gasteiger partial charge in [0.1, 0.15) is 18.1 Å². The van der Waals surface area contributed by atoms with Gasteiger partial charge >= 0.3 is 5.97 Å². The Morgan fingerprint density at radius 3 is 2.38 bits per heavy atom. The van der Waals surface area contributed by atoms with E-state index < -0.39 is 11.4 Å². The van der Waals surface area contributed by atoms with E-state index in [1.54, 1.807) is 38.1 Å². The molecule has 4 aromatic rings. The zero-order chi connectivity index (χ0) is 28.7. The molecule has 2 amide bonds. The Hall–Kier alpha value is -4.71. The zero-order valence-electron chi connectivity index (χ0n) is 22.3. The molecule has 4 rings (SSSR count). The maximum Gasteiger partial charge on any atom is 0.302 e. The van der Waals surface area contributed by atoms with Crippen LogP contribution >= 0.6 is 11.9 Å². The average molecular weight is 561 g/mol. The minimum Gasteiger partial charge on any atom is -0.465 e. The molecule has 11 nitrogen and oxygen atoms in total. The Morgan fingerprint density at radius 1 is 0.925 bits per heavy atom. The van der Waals surface area contributed by atoms with E-state index in [1.165, 1.54) is 25.8 Å². The highest BCUT2D eigenvalue weighted by Crippen LogP contribution is 2.27. The number of hydrogen-bond acceptors (Lipinski definition) is 10. The lowest BCUT2D eigenvalue weighted by atomic mass is 9.93. The Bertz CT molecular complexity index is 1520. The highest BCUT2D eigenvalue weighted by atomic mass is 32.2. The Morgan fingerprint density at radius 2 is 1.65 bits per heavy atom. The molecular weight excluding hydrogens is 532 g/mol. The van der Waals surface area contributed by atoms with Crippen LogP contribution in [0.25, 0.3) is 23.0 Å². The quantitative estimate of drug-likeness (QED) is 0.170. The molecule has 0 aliphatic rings. The van der Waals surface area contributed by atoms with Crippen molar-refractivity contribution >= 4 is 46.9 Å². The SMILES string of the molecule is CC(=O)Nc1cccc(-c2nc(-c3ccc(SNc4cccc(NC(=O)C(C)(C)COC(C)=O)c4)cc3)no2)n1. The van der Waals surface area contributed by atoms with Crippen LogP contribution in [0.5, 0.6) is 0 Å². The van der Waals surface area contributed by atoms with Crippen LogP contribution in [-0.4, -0.2) is 39.5 Å². The molecule has 0 bridgehead atoms. The number of benzene rings is 2. The van der Waals surface area contributed by atoms with Crippen molar-refractivity contribution in [2.45, 2.75) is 32.6 Å². The van der Waals surface area contributed by atoms with E-state index >= 15 is 0 Å². The third kappa shape index (κ3) is 7.67. The van der Waals surface area contributed by atoms with Gasteiger partial charge in [0.2, 0.25) is 17.6 Å². The average Bonchev–Trinajstić information content (AvgIpc) is 3.42. The number of pyridine rings is 1. The van der Waals surface area contributed by atoms with Crippen molar-refractivity contribution in [1.82, 2.24) is 15.1 Å². The van der Waals surface area contributed by atoms with Gasteiger partial charge in [0.15, 0.2) is 0 Å². The summed E-state index contributed by atoms with van der Waals surface area (Å²) in [6.07, 6.45) is 0. The van der Waals surface area contributed by atoms with Crippen molar-refractivity contribution < 1.29 is 23.6 Å². The number of rotatable bonds is 10. The van der Waals surface area contributed by atoms with Gasteiger partial charge in [-0.15, -0.1) is 0 Å². The van der Waals surface area contributed by atoms with E-state index in [0.717, 1.165) is 16.1 Å². The molecule has 0 aliphatic carbocycles. The second-order valence-electron chi connectivity index (χ2n) is 9.44. The van der Waals surface area contributed by atoms with E-state index in [4.69, 9.17) is 9.26 Å². The van der Waals surface area contributed by atoms with Gasteiger partial charge in [0.25, 0.3) is 5.89 Å². The minimum atomic E-state index is -0.877. The monoisotopic (exact) mass is 560 g/mol. The maximum absolute atomic E-state index is 12.7. The van der Waals surface area contributed by atoms with Crippen molar-refractivity contribution in [2.24, 2.45) is 5.41 Å². The number of ether oxygens (including phenoxy) is 1. The fourth-order valence-corrected chi connectivity index (χ4v) is 3.98. The largest absolute Gasteiger partial charge is 0.465 e. The number of anilines is 3. The number of esters is 1. The number of nitrogens with zero attached hydrogens (tertiary/aromatic N) is 3. The first-order valence-corrected chi connectivity index (χ1v) is 13.1. The molecular formula is C28H28N6O5S. The second-order valence-corrected chi connectivity index (χ2v) is 10.3. The molecule has 0 fully saturated rings. The molecule has 0 unspecified atom stereocenters. The predicted molar refractivity (Wildman–Crippen MR) is 152 cm³/mol. The number of hydrogen-bond donors (Lipinski definition) is 3. The summed E-state index contributed by atoms with van der Waals surface area (Å²) >= 11 is 1.40. The smallest absolute Gasteiger partial charge is 0.302 e. The van der Waals surface area contributed by atoms with Crippen molar-refractivity contribution in [3.8, 4) is 23.0 Å². The maximum atomic E-state index is 12.7. The van der Waals surface area contributed by atoms with Crippen LogP contribution in [0.2, 0.25) is 0 Å². The summed E-state index contributed by atoms with van der Waals surface area (Å²) in [7, 11) is 0. The van der Waals surface area contributed by atoms with Crippen LogP contribution in [0.15, 0.2) is 76.1 Å². The summed E-state index contributed by atoms with van der Waals surface area (Å²) in [4.78, 5) is 44.7. The molecule has 206 valence electrons. The van der Waals surface area contributed by atoms with Gasteiger partial charge < -0.3 is 24.6 Å². The standard InChI is InChI=1S/C28H28N6O5S/c1-17(35)29-24-10-6-9-23(31-24)26-32-25(33-39-26)19-11-13-22(14-12-19)40-34-21-8-5-7-20(15-21)30-27(37)28(3,4)16-38-18(2)36/h5-15,34H,16H2,1-4H3,(H,30,37)(H,29,31,35). The summed E-state index contributed by atoms with van der Waals surface area (Å²) in [5.41, 5.74) is 1.75. The van der Waals surface area contributed by atoms with E-state index in [-0.39, 0.29) is 24.3 Å². The van der Waals surface area contributed by atoms with Gasteiger partial charge in [-0.05, 0) is 80.4 Å². The summed E-state index contributed by atoms with van der Waals surface area (Å²) < 4.78 is 13.7. The van der Waals surface area contributed by atoms with Crippen LogP contribution in [0.1, 0.15) is 27.7 Å². The van der Waals surface area contributed by atoms with Gasteiger partial charge in [0.05, 0.1) is 5.41 Å². The lowest BCUT2D eigenvalue weighted by Crippen LogP contribution is -2.35. The molecule has 0 aliphatic heterocycles. The molecule has 2 aromatic heterocycles. The normalized spacial score (nSPS) is 11.0. The van der Waals surface area contributed by atoms with Crippen LogP contribution in [0.3, 0.4) is 0 Å². The molecule has 2 aromatic carbocycles. The first-order chi connectivity index (χ1) is 19.1. The lowest BCUT2D eigenvalue weighted by Gasteiger charge is -2.23. The van der Waals surface area contributed by atoms with E-state index in [1.807, 2.05) is 42.5 Å². The molecule has 0 spiro atoms. The molecule has 0 saturated heterocycles. The van der Waals surface area contributed by atoms with Gasteiger partial charge in [-0.3, -0.25) is 14.4 Å². The highest BCUT2D eigenvalue weighted by molar-refractivity contribution is 8.00. The summed E-state index contributed by atoms with van der Waals surface area (Å²) in [6, 6.07) is 20.0. The van der Waals surface area contributed by atoms with Gasteiger partial charge in [-0.25, -0.2) is 4.98 Å². The Labute approximate surface area is 235 Å². The summed E-state index contributed by atoms with van der Waals surface area (Å²) in [5.74, 6) is 0.141. The topological polar surface area (TPSA) is 148 Å². The molecule has 40 heavy (non-hydrogen) atoms. The Kier molecular flexibility index (Phi) is 8.80. The van der Waals surface area contributed by atoms with Crippen LogP contribution in [-0.2, 0) is 19.1 Å². The minimum absolute atomic E-state index is 0.00813.